The highest BCUT2D eigenvalue weighted by Crippen LogP contribution is 2.19. The Morgan fingerprint density at radius 1 is 1.04 bits per heavy atom. The molecule has 0 saturated heterocycles. The van der Waals surface area contributed by atoms with Gasteiger partial charge >= 0.3 is 5.69 Å². The third-order valence-corrected chi connectivity index (χ3v) is 5.52. The first-order chi connectivity index (χ1) is 13.5. The predicted octanol–water partition coefficient (Wildman–Crippen LogP) is 3.21. The van der Waals surface area contributed by atoms with E-state index in [0.29, 0.717) is 28.7 Å². The summed E-state index contributed by atoms with van der Waals surface area (Å²) < 4.78 is 21.2. The van der Waals surface area contributed by atoms with Gasteiger partial charge < -0.3 is 4.74 Å². The van der Waals surface area contributed by atoms with Gasteiger partial charge in [0.15, 0.2) is 0 Å². The molecular weight excluding hydrogens is 379 g/mol. The molecule has 0 spiro atoms. The Hall–Kier alpha value is -2.80. The van der Waals surface area contributed by atoms with Crippen LogP contribution in [-0.4, -0.2) is 21.5 Å². The minimum Gasteiger partial charge on any atom is -0.493 e. The molecule has 0 saturated carbocycles. The van der Waals surface area contributed by atoms with Gasteiger partial charge in [0.25, 0.3) is 5.56 Å². The molecule has 0 aliphatic heterocycles. The minimum atomic E-state index is -0.346. The van der Waals surface area contributed by atoms with Gasteiger partial charge in [-0.05, 0) is 36.8 Å². The van der Waals surface area contributed by atoms with Gasteiger partial charge in [0, 0.05) is 18.4 Å². The molecule has 5 nitrogen and oxygen atoms in total. The summed E-state index contributed by atoms with van der Waals surface area (Å²) in [5.74, 6) is 0.808. The van der Waals surface area contributed by atoms with Crippen LogP contribution in [0.2, 0.25) is 0 Å². The summed E-state index contributed by atoms with van der Waals surface area (Å²) in [5.41, 5.74) is 0.800. The molecule has 0 aliphatic rings. The standard InChI is InChI=1S/C21H21FN2O3S/c1-15-19(25)24(14-16-6-4-3-5-7-16)21(26)23(2)20(15)28-13-12-27-18-10-8-17(22)9-11-18/h3-11H,12-14H2,1-2H3. The lowest BCUT2D eigenvalue weighted by molar-refractivity contribution is 0.343. The van der Waals surface area contributed by atoms with Crippen LogP contribution in [0, 0.1) is 12.7 Å². The topological polar surface area (TPSA) is 53.2 Å². The molecule has 0 bridgehead atoms. The van der Waals surface area contributed by atoms with Gasteiger partial charge in [0.05, 0.1) is 18.2 Å². The average molecular weight is 400 g/mol. The Bertz CT molecular complexity index is 1020. The first-order valence-corrected chi connectivity index (χ1v) is 9.81. The Morgan fingerprint density at radius 2 is 1.71 bits per heavy atom. The Labute approximate surface area is 166 Å². The van der Waals surface area contributed by atoms with E-state index in [-0.39, 0.29) is 23.6 Å². The van der Waals surface area contributed by atoms with Crippen molar-refractivity contribution in [3.63, 3.8) is 0 Å². The molecule has 3 rings (SSSR count). The lowest BCUT2D eigenvalue weighted by Crippen LogP contribution is -2.41. The number of hydrogen-bond donors (Lipinski definition) is 0. The fourth-order valence-corrected chi connectivity index (χ4v) is 3.78. The zero-order valence-corrected chi connectivity index (χ0v) is 16.5. The monoisotopic (exact) mass is 400 g/mol. The van der Waals surface area contributed by atoms with E-state index in [1.807, 2.05) is 30.3 Å². The molecule has 0 fully saturated rings. The molecule has 0 N–H and O–H groups in total. The number of halogens is 1. The highest BCUT2D eigenvalue weighted by molar-refractivity contribution is 7.99. The molecular formula is C21H21FN2O3S. The van der Waals surface area contributed by atoms with Crippen molar-refractivity contribution in [1.82, 2.24) is 9.13 Å². The van der Waals surface area contributed by atoms with Crippen molar-refractivity contribution >= 4 is 11.8 Å². The fraction of sp³-hybridized carbons (Fsp3) is 0.238. The average Bonchev–Trinajstić information content (AvgIpc) is 2.71. The molecule has 0 aliphatic carbocycles. The van der Waals surface area contributed by atoms with E-state index in [9.17, 15) is 14.0 Å². The van der Waals surface area contributed by atoms with Crippen LogP contribution in [0.15, 0.2) is 69.2 Å². The molecule has 2 aromatic carbocycles. The second-order valence-electron chi connectivity index (χ2n) is 6.30. The summed E-state index contributed by atoms with van der Waals surface area (Å²) in [4.78, 5) is 25.4. The van der Waals surface area contributed by atoms with E-state index in [1.54, 1.807) is 26.1 Å². The highest BCUT2D eigenvalue weighted by Gasteiger charge is 2.14. The predicted molar refractivity (Wildman–Crippen MR) is 109 cm³/mol. The summed E-state index contributed by atoms with van der Waals surface area (Å²) in [6.07, 6.45) is 0. The third kappa shape index (κ3) is 4.54. The number of aromatic nitrogens is 2. The number of thioether (sulfide) groups is 1. The Morgan fingerprint density at radius 3 is 2.39 bits per heavy atom. The summed E-state index contributed by atoms with van der Waals surface area (Å²) in [6, 6.07) is 15.2. The van der Waals surface area contributed by atoms with Gasteiger partial charge in [-0.1, -0.05) is 30.3 Å². The lowest BCUT2D eigenvalue weighted by Gasteiger charge is -2.15. The number of benzene rings is 2. The van der Waals surface area contributed by atoms with Crippen LogP contribution in [-0.2, 0) is 13.6 Å². The molecule has 0 radical (unpaired) electrons. The van der Waals surface area contributed by atoms with Gasteiger partial charge in [-0.2, -0.15) is 0 Å². The molecule has 1 aromatic heterocycles. The van der Waals surface area contributed by atoms with Crippen LogP contribution in [0.5, 0.6) is 5.75 Å². The summed E-state index contributed by atoms with van der Waals surface area (Å²) in [6.45, 7) is 2.34. The molecule has 0 atom stereocenters. The number of rotatable bonds is 7. The normalized spacial score (nSPS) is 10.8. The number of hydrogen-bond acceptors (Lipinski definition) is 4. The van der Waals surface area contributed by atoms with Crippen LogP contribution in [0.4, 0.5) is 4.39 Å². The number of nitrogens with zero attached hydrogens (tertiary/aromatic N) is 2. The van der Waals surface area contributed by atoms with Crippen LogP contribution in [0.25, 0.3) is 0 Å². The maximum Gasteiger partial charge on any atom is 0.331 e. The van der Waals surface area contributed by atoms with Gasteiger partial charge in [0.1, 0.15) is 11.6 Å². The van der Waals surface area contributed by atoms with Crippen molar-refractivity contribution in [3.8, 4) is 5.75 Å². The zero-order chi connectivity index (χ0) is 20.1. The SMILES string of the molecule is Cc1c(SCCOc2ccc(F)cc2)n(C)c(=O)n(Cc2ccccc2)c1=O. The highest BCUT2D eigenvalue weighted by atomic mass is 32.2. The summed E-state index contributed by atoms with van der Waals surface area (Å²) in [5, 5.41) is 0.627. The van der Waals surface area contributed by atoms with E-state index < -0.39 is 0 Å². The van der Waals surface area contributed by atoms with Crippen molar-refractivity contribution in [2.75, 3.05) is 12.4 Å². The fourth-order valence-electron chi connectivity index (χ4n) is 2.84. The molecule has 1 heterocycles. The van der Waals surface area contributed by atoms with Crippen LogP contribution in [0.1, 0.15) is 11.1 Å². The van der Waals surface area contributed by atoms with Crippen molar-refractivity contribution < 1.29 is 9.13 Å². The van der Waals surface area contributed by atoms with Gasteiger partial charge in [-0.25, -0.2) is 9.18 Å². The maximum absolute atomic E-state index is 12.9. The molecule has 146 valence electrons. The van der Waals surface area contributed by atoms with E-state index in [4.69, 9.17) is 4.74 Å². The maximum atomic E-state index is 12.9. The van der Waals surface area contributed by atoms with E-state index in [2.05, 4.69) is 0 Å². The molecule has 3 aromatic rings. The molecule has 7 heteroatoms. The van der Waals surface area contributed by atoms with Crippen molar-refractivity contribution in [2.45, 2.75) is 18.5 Å². The van der Waals surface area contributed by atoms with E-state index >= 15 is 0 Å². The van der Waals surface area contributed by atoms with E-state index in [1.165, 1.54) is 33.0 Å². The quantitative estimate of drug-likeness (QED) is 0.347. The van der Waals surface area contributed by atoms with Gasteiger partial charge in [-0.15, -0.1) is 11.8 Å². The van der Waals surface area contributed by atoms with Crippen LogP contribution in [0.3, 0.4) is 0 Å². The first kappa shape index (κ1) is 19.9. The third-order valence-electron chi connectivity index (χ3n) is 4.30. The van der Waals surface area contributed by atoms with Crippen LogP contribution >= 0.6 is 11.8 Å². The Balaban J connectivity index is 1.72. The van der Waals surface area contributed by atoms with Crippen molar-refractivity contribution in [2.24, 2.45) is 7.05 Å². The first-order valence-electron chi connectivity index (χ1n) is 8.83. The van der Waals surface area contributed by atoms with Crippen molar-refractivity contribution in [3.05, 3.63) is 92.4 Å². The van der Waals surface area contributed by atoms with Gasteiger partial charge in [-0.3, -0.25) is 13.9 Å². The lowest BCUT2D eigenvalue weighted by atomic mass is 10.2. The minimum absolute atomic E-state index is 0.242. The molecule has 28 heavy (non-hydrogen) atoms. The molecule has 0 amide bonds. The largest absolute Gasteiger partial charge is 0.493 e. The van der Waals surface area contributed by atoms with Gasteiger partial charge in [0.2, 0.25) is 0 Å². The second kappa shape index (κ2) is 8.93. The van der Waals surface area contributed by atoms with Crippen molar-refractivity contribution in [1.29, 1.82) is 0 Å². The van der Waals surface area contributed by atoms with E-state index in [0.717, 1.165) is 5.56 Å². The summed E-state index contributed by atoms with van der Waals surface area (Å²) in [7, 11) is 1.67. The second-order valence-corrected chi connectivity index (χ2v) is 7.38. The zero-order valence-electron chi connectivity index (χ0n) is 15.7. The summed E-state index contributed by atoms with van der Waals surface area (Å²) >= 11 is 1.39. The molecule has 0 unspecified atom stereocenters. The smallest absolute Gasteiger partial charge is 0.331 e. The Kier molecular flexibility index (Phi) is 6.36. The van der Waals surface area contributed by atoms with Crippen LogP contribution < -0.4 is 16.0 Å². The number of ether oxygens (including phenoxy) is 1.